The van der Waals surface area contributed by atoms with Crippen LogP contribution in [0.25, 0.3) is 0 Å². The zero-order valence-electron chi connectivity index (χ0n) is 5.67. The van der Waals surface area contributed by atoms with Crippen LogP contribution >= 0.6 is 0 Å². The molecule has 0 heterocycles. The summed E-state index contributed by atoms with van der Waals surface area (Å²) in [4.78, 5) is 0. The van der Waals surface area contributed by atoms with Gasteiger partial charge in [-0.3, -0.25) is 5.32 Å². The van der Waals surface area contributed by atoms with Gasteiger partial charge in [0, 0.05) is 13.2 Å². The van der Waals surface area contributed by atoms with Gasteiger partial charge in [0.05, 0.1) is 0 Å². The lowest BCUT2D eigenvalue weighted by atomic mass is 10.2. The summed E-state index contributed by atoms with van der Waals surface area (Å²) < 4.78 is 0. The molecule has 0 saturated carbocycles. The number of hydrogen-bond acceptors (Lipinski definition) is 4. The van der Waals surface area contributed by atoms with E-state index < -0.39 is 6.29 Å². The predicted octanol–water partition coefficient (Wildman–Crippen LogP) is -1.59. The van der Waals surface area contributed by atoms with Gasteiger partial charge in [0.25, 0.3) is 0 Å². The van der Waals surface area contributed by atoms with Crippen molar-refractivity contribution in [3.05, 3.63) is 0 Å². The standard InChI is InChI=1S/C5H15N3O/c1-4(3-9)2-8-5(6)7/h4-5,8-9H,2-3,6-7H2,1H3. The molecule has 0 bridgehead atoms. The second-order valence-electron chi connectivity index (χ2n) is 2.22. The molecule has 0 aromatic carbocycles. The maximum atomic E-state index is 8.53. The highest BCUT2D eigenvalue weighted by Crippen LogP contribution is 1.87. The molecule has 0 aliphatic rings. The van der Waals surface area contributed by atoms with Crippen molar-refractivity contribution in [1.29, 1.82) is 0 Å². The monoisotopic (exact) mass is 133 g/mol. The minimum absolute atomic E-state index is 0.166. The van der Waals surface area contributed by atoms with Crippen molar-refractivity contribution in [2.75, 3.05) is 13.2 Å². The zero-order chi connectivity index (χ0) is 7.28. The predicted molar refractivity (Wildman–Crippen MR) is 36.4 cm³/mol. The Kier molecular flexibility index (Phi) is 4.61. The summed E-state index contributed by atoms with van der Waals surface area (Å²) in [5.74, 6) is 0.222. The van der Waals surface area contributed by atoms with Crippen LogP contribution in [0, 0.1) is 5.92 Å². The molecule has 4 nitrogen and oxygen atoms in total. The van der Waals surface area contributed by atoms with E-state index >= 15 is 0 Å². The van der Waals surface area contributed by atoms with Gasteiger partial charge in [-0.1, -0.05) is 6.92 Å². The van der Waals surface area contributed by atoms with Crippen LogP contribution in [0.4, 0.5) is 0 Å². The van der Waals surface area contributed by atoms with E-state index in [-0.39, 0.29) is 12.5 Å². The van der Waals surface area contributed by atoms with Crippen molar-refractivity contribution in [2.45, 2.75) is 13.2 Å². The van der Waals surface area contributed by atoms with Crippen LogP contribution < -0.4 is 16.8 Å². The van der Waals surface area contributed by atoms with Crippen molar-refractivity contribution < 1.29 is 5.11 Å². The maximum Gasteiger partial charge on any atom is 0.106 e. The Hall–Kier alpha value is -0.160. The lowest BCUT2D eigenvalue weighted by Crippen LogP contribution is -2.47. The molecule has 0 aromatic heterocycles. The highest BCUT2D eigenvalue weighted by Gasteiger charge is 1.99. The summed E-state index contributed by atoms with van der Waals surface area (Å²) in [6, 6.07) is 0. The minimum atomic E-state index is -0.473. The lowest BCUT2D eigenvalue weighted by molar-refractivity contribution is 0.230. The van der Waals surface area contributed by atoms with Crippen LogP contribution in [0.1, 0.15) is 6.92 Å². The van der Waals surface area contributed by atoms with Gasteiger partial charge in [-0.25, -0.2) is 0 Å². The van der Waals surface area contributed by atoms with Crippen molar-refractivity contribution in [1.82, 2.24) is 5.32 Å². The second kappa shape index (κ2) is 4.69. The topological polar surface area (TPSA) is 84.3 Å². The molecule has 0 radical (unpaired) electrons. The third-order valence-electron chi connectivity index (χ3n) is 1.01. The molecule has 0 spiro atoms. The van der Waals surface area contributed by atoms with E-state index in [9.17, 15) is 0 Å². The molecule has 1 atom stereocenters. The van der Waals surface area contributed by atoms with Crippen LogP contribution in [-0.2, 0) is 0 Å². The molecule has 0 aliphatic carbocycles. The lowest BCUT2D eigenvalue weighted by Gasteiger charge is -2.11. The molecule has 0 aromatic rings. The van der Waals surface area contributed by atoms with Crippen LogP contribution in [0.15, 0.2) is 0 Å². The van der Waals surface area contributed by atoms with Crippen molar-refractivity contribution in [2.24, 2.45) is 17.4 Å². The van der Waals surface area contributed by atoms with Gasteiger partial charge < -0.3 is 16.6 Å². The molecule has 0 fully saturated rings. The number of hydrogen-bond donors (Lipinski definition) is 4. The SMILES string of the molecule is CC(CO)CNC(N)N. The minimum Gasteiger partial charge on any atom is -0.396 e. The van der Waals surface area contributed by atoms with Crippen molar-refractivity contribution in [3.63, 3.8) is 0 Å². The number of rotatable bonds is 4. The number of aliphatic hydroxyl groups excluding tert-OH is 1. The maximum absolute atomic E-state index is 8.53. The molecular formula is C5H15N3O. The van der Waals surface area contributed by atoms with E-state index in [1.807, 2.05) is 6.92 Å². The average Bonchev–Trinajstić information content (AvgIpc) is 1.83. The fraction of sp³-hybridized carbons (Fsp3) is 1.00. The highest BCUT2D eigenvalue weighted by molar-refractivity contribution is 4.55. The Labute approximate surface area is 55.2 Å². The third kappa shape index (κ3) is 5.72. The number of nitrogens with two attached hydrogens (primary N) is 2. The van der Waals surface area contributed by atoms with Gasteiger partial charge in [-0.05, 0) is 5.92 Å². The van der Waals surface area contributed by atoms with Gasteiger partial charge in [-0.2, -0.15) is 0 Å². The first-order valence-corrected chi connectivity index (χ1v) is 3.02. The normalized spacial score (nSPS) is 14.3. The van der Waals surface area contributed by atoms with Crippen LogP contribution in [0.2, 0.25) is 0 Å². The first kappa shape index (κ1) is 8.84. The molecule has 9 heavy (non-hydrogen) atoms. The van der Waals surface area contributed by atoms with E-state index in [1.54, 1.807) is 0 Å². The number of nitrogens with one attached hydrogen (secondary N) is 1. The smallest absolute Gasteiger partial charge is 0.106 e. The van der Waals surface area contributed by atoms with Crippen molar-refractivity contribution in [3.8, 4) is 0 Å². The second-order valence-corrected chi connectivity index (χ2v) is 2.22. The van der Waals surface area contributed by atoms with E-state index in [0.29, 0.717) is 6.54 Å². The number of aliphatic hydroxyl groups is 1. The van der Waals surface area contributed by atoms with Gasteiger partial charge in [-0.15, -0.1) is 0 Å². The molecule has 56 valence electrons. The molecule has 1 unspecified atom stereocenters. The van der Waals surface area contributed by atoms with Gasteiger partial charge in [0.2, 0.25) is 0 Å². The van der Waals surface area contributed by atoms with Gasteiger partial charge >= 0.3 is 0 Å². The summed E-state index contributed by atoms with van der Waals surface area (Å²) >= 11 is 0. The highest BCUT2D eigenvalue weighted by atomic mass is 16.3. The van der Waals surface area contributed by atoms with Crippen LogP contribution in [0.5, 0.6) is 0 Å². The Morgan fingerprint density at radius 1 is 1.56 bits per heavy atom. The Morgan fingerprint density at radius 2 is 2.11 bits per heavy atom. The third-order valence-corrected chi connectivity index (χ3v) is 1.01. The molecule has 0 aliphatic heterocycles. The van der Waals surface area contributed by atoms with Gasteiger partial charge in [0.1, 0.15) is 6.29 Å². The summed E-state index contributed by atoms with van der Waals surface area (Å²) in [5.41, 5.74) is 10.4. The Morgan fingerprint density at radius 3 is 2.44 bits per heavy atom. The first-order chi connectivity index (χ1) is 4.16. The fourth-order valence-corrected chi connectivity index (χ4v) is 0.402. The van der Waals surface area contributed by atoms with E-state index in [4.69, 9.17) is 16.6 Å². The first-order valence-electron chi connectivity index (χ1n) is 3.02. The Balaban J connectivity index is 3.06. The molecule has 0 amide bonds. The van der Waals surface area contributed by atoms with Crippen LogP contribution in [-0.4, -0.2) is 24.5 Å². The van der Waals surface area contributed by atoms with Gasteiger partial charge in [0.15, 0.2) is 0 Å². The quantitative estimate of drug-likeness (QED) is 0.348. The van der Waals surface area contributed by atoms with E-state index in [1.165, 1.54) is 0 Å². The fourth-order valence-electron chi connectivity index (χ4n) is 0.402. The summed E-state index contributed by atoms with van der Waals surface area (Å²) in [7, 11) is 0. The molecular weight excluding hydrogens is 118 g/mol. The summed E-state index contributed by atoms with van der Waals surface area (Å²) in [6.07, 6.45) is -0.473. The van der Waals surface area contributed by atoms with E-state index in [0.717, 1.165) is 0 Å². The summed E-state index contributed by atoms with van der Waals surface area (Å²) in [6.45, 7) is 2.74. The molecule has 4 heteroatoms. The van der Waals surface area contributed by atoms with Crippen molar-refractivity contribution >= 4 is 0 Å². The van der Waals surface area contributed by atoms with Crippen LogP contribution in [0.3, 0.4) is 0 Å². The average molecular weight is 133 g/mol. The largest absolute Gasteiger partial charge is 0.396 e. The Bertz CT molecular complexity index is 67.2. The van der Waals surface area contributed by atoms with E-state index in [2.05, 4.69) is 5.32 Å². The molecule has 0 rings (SSSR count). The summed E-state index contributed by atoms with van der Waals surface area (Å²) in [5, 5.41) is 11.3. The zero-order valence-corrected chi connectivity index (χ0v) is 5.67. The molecule has 0 saturated heterocycles. The molecule has 6 N–H and O–H groups in total.